The summed E-state index contributed by atoms with van der Waals surface area (Å²) < 4.78 is 0. The van der Waals surface area contributed by atoms with Crippen molar-refractivity contribution >= 4 is 11.8 Å². The molecule has 0 aliphatic carbocycles. The number of phenolic OH excluding ortho intramolecular Hbond substituents is 1. The van der Waals surface area contributed by atoms with Crippen LogP contribution in [0.4, 0.5) is 0 Å². The van der Waals surface area contributed by atoms with Crippen LogP contribution in [-0.2, 0) is 22.4 Å². The molecule has 28 heavy (non-hydrogen) atoms. The number of nitrogens with two attached hydrogens (primary N) is 2. The van der Waals surface area contributed by atoms with Gasteiger partial charge in [0.2, 0.25) is 11.8 Å². The van der Waals surface area contributed by atoms with Crippen molar-refractivity contribution in [3.63, 3.8) is 0 Å². The molecular weight excluding hydrogens is 356 g/mol. The molecule has 7 nitrogen and oxygen atoms in total. The minimum atomic E-state index is -0.792. The third-order valence-electron chi connectivity index (χ3n) is 4.36. The van der Waals surface area contributed by atoms with Crippen molar-refractivity contribution in [2.24, 2.45) is 11.5 Å². The third kappa shape index (κ3) is 7.02. The second-order valence-corrected chi connectivity index (χ2v) is 6.90. The molecule has 7 heteroatoms. The standard InChI is InChI=1S/C21H28N4O3/c1-14(20(27)24-13-17(22)11-15-5-3-2-4-6-15)25-21(28)19(23)12-16-7-9-18(26)10-8-16/h2-10,14,17,19,26H,11-13,22-23H2,1H3,(H,24,27)(H,25,28)/t14-,17+,19+/m1/s1. The van der Waals surface area contributed by atoms with Gasteiger partial charge >= 0.3 is 0 Å². The summed E-state index contributed by atoms with van der Waals surface area (Å²) in [6, 6.07) is 14.5. The van der Waals surface area contributed by atoms with Gasteiger partial charge in [-0.15, -0.1) is 0 Å². The topological polar surface area (TPSA) is 130 Å². The number of rotatable bonds is 9. The molecule has 0 aliphatic heterocycles. The number of phenols is 1. The number of hydrogen-bond acceptors (Lipinski definition) is 5. The van der Waals surface area contributed by atoms with Crippen molar-refractivity contribution in [3.05, 3.63) is 65.7 Å². The number of hydrogen-bond donors (Lipinski definition) is 5. The van der Waals surface area contributed by atoms with Gasteiger partial charge in [-0.25, -0.2) is 0 Å². The molecule has 0 unspecified atom stereocenters. The van der Waals surface area contributed by atoms with Gasteiger partial charge in [-0.3, -0.25) is 9.59 Å². The lowest BCUT2D eigenvalue weighted by Crippen LogP contribution is -2.52. The predicted octanol–water partition coefficient (Wildman–Crippen LogP) is 0.453. The van der Waals surface area contributed by atoms with Gasteiger partial charge in [0.15, 0.2) is 0 Å². The van der Waals surface area contributed by atoms with E-state index in [1.54, 1.807) is 19.1 Å². The van der Waals surface area contributed by atoms with Crippen molar-refractivity contribution < 1.29 is 14.7 Å². The number of benzene rings is 2. The van der Waals surface area contributed by atoms with Crippen LogP contribution in [0.5, 0.6) is 5.75 Å². The first kappa shape index (κ1) is 21.4. The van der Waals surface area contributed by atoms with Crippen LogP contribution in [0.15, 0.2) is 54.6 Å². The summed E-state index contributed by atoms with van der Waals surface area (Å²) in [6.07, 6.45) is 0.960. The molecule has 150 valence electrons. The summed E-state index contributed by atoms with van der Waals surface area (Å²) in [5, 5.41) is 14.7. The fourth-order valence-corrected chi connectivity index (χ4v) is 2.74. The van der Waals surface area contributed by atoms with E-state index in [1.165, 1.54) is 12.1 Å². The minimum absolute atomic E-state index is 0.150. The van der Waals surface area contributed by atoms with Crippen molar-refractivity contribution in [2.75, 3.05) is 6.54 Å². The van der Waals surface area contributed by atoms with Crippen LogP contribution in [0, 0.1) is 0 Å². The maximum atomic E-state index is 12.2. The number of aromatic hydroxyl groups is 1. The molecule has 0 spiro atoms. The number of amides is 2. The molecular formula is C21H28N4O3. The lowest BCUT2D eigenvalue weighted by molar-refractivity contribution is -0.129. The van der Waals surface area contributed by atoms with E-state index in [0.717, 1.165) is 11.1 Å². The predicted molar refractivity (Wildman–Crippen MR) is 109 cm³/mol. The van der Waals surface area contributed by atoms with Crippen molar-refractivity contribution in [3.8, 4) is 5.75 Å². The zero-order valence-corrected chi connectivity index (χ0v) is 16.0. The van der Waals surface area contributed by atoms with Crippen LogP contribution in [-0.4, -0.2) is 41.6 Å². The lowest BCUT2D eigenvalue weighted by Gasteiger charge is -2.19. The fraction of sp³-hybridized carbons (Fsp3) is 0.333. The highest BCUT2D eigenvalue weighted by atomic mass is 16.3. The zero-order chi connectivity index (χ0) is 20.5. The van der Waals surface area contributed by atoms with E-state index in [1.807, 2.05) is 30.3 Å². The lowest BCUT2D eigenvalue weighted by atomic mass is 10.1. The number of carbonyl (C=O) groups is 2. The van der Waals surface area contributed by atoms with Crippen LogP contribution in [0.3, 0.4) is 0 Å². The Hall–Kier alpha value is -2.90. The molecule has 0 aliphatic rings. The molecule has 2 aromatic rings. The van der Waals surface area contributed by atoms with E-state index in [0.29, 0.717) is 19.4 Å². The SMILES string of the molecule is C[C@@H](NC(=O)[C@@H](N)Cc1ccc(O)cc1)C(=O)NC[C@@H](N)Cc1ccccc1. The largest absolute Gasteiger partial charge is 0.508 e. The summed E-state index contributed by atoms with van der Waals surface area (Å²) in [4.78, 5) is 24.4. The Kier molecular flexibility index (Phi) is 7.98. The van der Waals surface area contributed by atoms with E-state index < -0.39 is 18.0 Å². The van der Waals surface area contributed by atoms with Gasteiger partial charge in [0.25, 0.3) is 0 Å². The fourth-order valence-electron chi connectivity index (χ4n) is 2.74. The molecule has 0 heterocycles. The minimum Gasteiger partial charge on any atom is -0.508 e. The highest BCUT2D eigenvalue weighted by Crippen LogP contribution is 2.11. The second-order valence-electron chi connectivity index (χ2n) is 6.90. The van der Waals surface area contributed by atoms with Crippen molar-refractivity contribution in [2.45, 2.75) is 37.9 Å². The third-order valence-corrected chi connectivity index (χ3v) is 4.36. The normalized spacial score (nSPS) is 14.0. The number of carbonyl (C=O) groups excluding carboxylic acids is 2. The molecule has 3 atom stereocenters. The quantitative estimate of drug-likeness (QED) is 0.429. The van der Waals surface area contributed by atoms with E-state index in [4.69, 9.17) is 11.5 Å². The van der Waals surface area contributed by atoms with Crippen LogP contribution in [0.1, 0.15) is 18.1 Å². The molecule has 2 amide bonds. The first-order valence-electron chi connectivity index (χ1n) is 9.26. The molecule has 0 saturated heterocycles. The van der Waals surface area contributed by atoms with E-state index in [9.17, 15) is 14.7 Å². The Morgan fingerprint density at radius 3 is 2.18 bits per heavy atom. The number of nitrogens with one attached hydrogen (secondary N) is 2. The van der Waals surface area contributed by atoms with Crippen molar-refractivity contribution in [1.82, 2.24) is 10.6 Å². The van der Waals surface area contributed by atoms with E-state index in [-0.39, 0.29) is 17.7 Å². The summed E-state index contributed by atoms with van der Waals surface area (Å²) in [5.74, 6) is -0.574. The molecule has 0 saturated carbocycles. The maximum absolute atomic E-state index is 12.2. The van der Waals surface area contributed by atoms with E-state index >= 15 is 0 Å². The van der Waals surface area contributed by atoms with Gasteiger partial charge in [-0.1, -0.05) is 42.5 Å². The molecule has 0 bridgehead atoms. The van der Waals surface area contributed by atoms with Gasteiger partial charge in [0, 0.05) is 12.6 Å². The van der Waals surface area contributed by atoms with Gasteiger partial charge < -0.3 is 27.2 Å². The van der Waals surface area contributed by atoms with Crippen molar-refractivity contribution in [1.29, 1.82) is 0 Å². The molecule has 2 aromatic carbocycles. The van der Waals surface area contributed by atoms with Crippen LogP contribution in [0.25, 0.3) is 0 Å². The Balaban J connectivity index is 1.74. The van der Waals surface area contributed by atoms with E-state index in [2.05, 4.69) is 10.6 Å². The van der Waals surface area contributed by atoms with Gasteiger partial charge in [-0.05, 0) is 43.0 Å². The Labute approximate surface area is 165 Å². The molecule has 0 fully saturated rings. The Morgan fingerprint density at radius 1 is 0.929 bits per heavy atom. The van der Waals surface area contributed by atoms with Crippen LogP contribution >= 0.6 is 0 Å². The highest BCUT2D eigenvalue weighted by molar-refractivity contribution is 5.89. The van der Waals surface area contributed by atoms with Gasteiger partial charge in [-0.2, -0.15) is 0 Å². The summed E-state index contributed by atoms with van der Waals surface area (Å²) >= 11 is 0. The Morgan fingerprint density at radius 2 is 1.54 bits per heavy atom. The van der Waals surface area contributed by atoms with Gasteiger partial charge in [0.05, 0.1) is 6.04 Å². The average molecular weight is 384 g/mol. The monoisotopic (exact) mass is 384 g/mol. The zero-order valence-electron chi connectivity index (χ0n) is 16.0. The molecule has 0 radical (unpaired) electrons. The van der Waals surface area contributed by atoms with Crippen LogP contribution in [0.2, 0.25) is 0 Å². The molecule has 7 N–H and O–H groups in total. The van der Waals surface area contributed by atoms with Crippen LogP contribution < -0.4 is 22.1 Å². The average Bonchev–Trinajstić information content (AvgIpc) is 2.68. The highest BCUT2D eigenvalue weighted by Gasteiger charge is 2.20. The summed E-state index contributed by atoms with van der Waals surface area (Å²) in [5.41, 5.74) is 13.9. The first-order chi connectivity index (χ1) is 13.3. The second kappa shape index (κ2) is 10.4. The first-order valence-corrected chi connectivity index (χ1v) is 9.26. The smallest absolute Gasteiger partial charge is 0.242 e. The summed E-state index contributed by atoms with van der Waals surface area (Å²) in [7, 11) is 0. The molecule has 0 aromatic heterocycles. The Bertz CT molecular complexity index is 765. The maximum Gasteiger partial charge on any atom is 0.242 e. The summed E-state index contributed by atoms with van der Waals surface area (Å²) in [6.45, 7) is 1.91. The van der Waals surface area contributed by atoms with Gasteiger partial charge in [0.1, 0.15) is 11.8 Å². The molecule has 2 rings (SSSR count).